The molecule has 2 rings (SSSR count). The molecule has 1 aromatic carbocycles. The fraction of sp³-hybridized carbons (Fsp3) is 0.294. The third-order valence-electron chi connectivity index (χ3n) is 3.45. The molecule has 0 aliphatic heterocycles. The predicted octanol–water partition coefficient (Wildman–Crippen LogP) is 3.66. The Morgan fingerprint density at radius 3 is 2.61 bits per heavy atom. The minimum absolute atomic E-state index is 0.0261. The minimum Gasteiger partial charge on any atom is -0.478 e. The molecular formula is C17H18BrNO4. The van der Waals surface area contributed by atoms with Crippen molar-refractivity contribution in [3.05, 3.63) is 57.5 Å². The summed E-state index contributed by atoms with van der Waals surface area (Å²) in [5, 5.41) is 11.9. The fourth-order valence-electron chi connectivity index (χ4n) is 2.32. The number of hydrogen-bond donors (Lipinski definition) is 2. The Kier molecular flexibility index (Phi) is 5.60. The van der Waals surface area contributed by atoms with E-state index in [4.69, 9.17) is 9.52 Å². The zero-order valence-corrected chi connectivity index (χ0v) is 14.5. The number of aromatic carboxylic acids is 1. The van der Waals surface area contributed by atoms with Gasteiger partial charge in [0.05, 0.1) is 0 Å². The number of amides is 1. The second-order valence-electron chi connectivity index (χ2n) is 5.28. The van der Waals surface area contributed by atoms with Crippen molar-refractivity contribution in [2.24, 2.45) is 0 Å². The van der Waals surface area contributed by atoms with Gasteiger partial charge in [0, 0.05) is 23.0 Å². The Morgan fingerprint density at radius 1 is 1.35 bits per heavy atom. The number of carbonyl (C=O) groups excluding carboxylic acids is 1. The first-order chi connectivity index (χ1) is 10.9. The Hall–Kier alpha value is -2.08. The van der Waals surface area contributed by atoms with Crippen molar-refractivity contribution in [3.63, 3.8) is 0 Å². The number of carboxylic acids is 1. The van der Waals surface area contributed by atoms with E-state index in [1.807, 2.05) is 31.2 Å². The number of halogens is 1. The van der Waals surface area contributed by atoms with Crippen LogP contribution in [-0.4, -0.2) is 23.0 Å². The largest absolute Gasteiger partial charge is 0.478 e. The highest BCUT2D eigenvalue weighted by molar-refractivity contribution is 9.10. The quantitative estimate of drug-likeness (QED) is 0.802. The lowest BCUT2D eigenvalue weighted by Gasteiger charge is -2.14. The minimum atomic E-state index is -1.09. The SMILES string of the molecule is CCc1oc(C(=O)NC(C)Cc2ccccc2Br)cc1C(=O)O. The van der Waals surface area contributed by atoms with Crippen LogP contribution in [0.2, 0.25) is 0 Å². The second kappa shape index (κ2) is 7.46. The number of benzene rings is 1. The normalized spacial score (nSPS) is 12.0. The number of aryl methyl sites for hydroxylation is 1. The molecule has 6 heteroatoms. The lowest BCUT2D eigenvalue weighted by atomic mass is 10.1. The first kappa shape index (κ1) is 17.3. The summed E-state index contributed by atoms with van der Waals surface area (Å²) in [6, 6.07) is 8.96. The molecule has 0 bridgehead atoms. The number of carboxylic acid groups (broad SMARTS) is 1. The number of furan rings is 1. The number of hydrogen-bond acceptors (Lipinski definition) is 3. The standard InChI is InChI=1S/C17H18BrNO4/c1-3-14-12(17(21)22)9-15(23-14)16(20)19-10(2)8-11-6-4-5-7-13(11)18/h4-7,9-10H,3,8H2,1-2H3,(H,19,20)(H,21,22). The van der Waals surface area contributed by atoms with Crippen LogP contribution in [0.1, 0.15) is 46.1 Å². The van der Waals surface area contributed by atoms with Gasteiger partial charge in [-0.25, -0.2) is 4.79 Å². The number of nitrogens with one attached hydrogen (secondary N) is 1. The lowest BCUT2D eigenvalue weighted by molar-refractivity contribution is 0.0694. The molecule has 1 atom stereocenters. The predicted molar refractivity (Wildman–Crippen MR) is 89.8 cm³/mol. The first-order valence-electron chi connectivity index (χ1n) is 7.32. The molecule has 122 valence electrons. The molecule has 1 heterocycles. The maximum atomic E-state index is 12.2. The zero-order chi connectivity index (χ0) is 17.0. The van der Waals surface area contributed by atoms with Gasteiger partial charge in [-0.15, -0.1) is 0 Å². The van der Waals surface area contributed by atoms with E-state index < -0.39 is 11.9 Å². The van der Waals surface area contributed by atoms with E-state index in [0.29, 0.717) is 18.6 Å². The molecule has 2 N–H and O–H groups in total. The molecule has 0 spiro atoms. The van der Waals surface area contributed by atoms with Crippen molar-refractivity contribution in [1.82, 2.24) is 5.32 Å². The molecule has 0 saturated carbocycles. The maximum Gasteiger partial charge on any atom is 0.339 e. The summed E-state index contributed by atoms with van der Waals surface area (Å²) in [6.45, 7) is 3.67. The maximum absolute atomic E-state index is 12.2. The van der Waals surface area contributed by atoms with E-state index in [0.717, 1.165) is 10.0 Å². The third-order valence-corrected chi connectivity index (χ3v) is 4.22. The Bertz CT molecular complexity index is 723. The summed E-state index contributed by atoms with van der Waals surface area (Å²) in [5.41, 5.74) is 1.12. The molecule has 23 heavy (non-hydrogen) atoms. The highest BCUT2D eigenvalue weighted by Gasteiger charge is 2.21. The van der Waals surface area contributed by atoms with Gasteiger partial charge in [0.2, 0.25) is 0 Å². The van der Waals surface area contributed by atoms with E-state index in [9.17, 15) is 9.59 Å². The van der Waals surface area contributed by atoms with Crippen molar-refractivity contribution in [2.45, 2.75) is 32.7 Å². The molecule has 2 aromatic rings. The zero-order valence-electron chi connectivity index (χ0n) is 12.9. The molecule has 1 unspecified atom stereocenters. The summed E-state index contributed by atoms with van der Waals surface area (Å²) in [6.07, 6.45) is 1.07. The summed E-state index contributed by atoms with van der Waals surface area (Å²) in [4.78, 5) is 23.3. The van der Waals surface area contributed by atoms with Crippen molar-refractivity contribution in [1.29, 1.82) is 0 Å². The van der Waals surface area contributed by atoms with E-state index >= 15 is 0 Å². The Balaban J connectivity index is 2.07. The van der Waals surface area contributed by atoms with Gasteiger partial charge in [-0.2, -0.15) is 0 Å². The molecule has 5 nitrogen and oxygen atoms in total. The van der Waals surface area contributed by atoms with Gasteiger partial charge >= 0.3 is 5.97 Å². The molecule has 0 fully saturated rings. The van der Waals surface area contributed by atoms with Crippen molar-refractivity contribution in [2.75, 3.05) is 0 Å². The van der Waals surface area contributed by atoms with Gasteiger partial charge < -0.3 is 14.8 Å². The molecular weight excluding hydrogens is 362 g/mol. The van der Waals surface area contributed by atoms with Gasteiger partial charge in [0.15, 0.2) is 5.76 Å². The highest BCUT2D eigenvalue weighted by atomic mass is 79.9. The van der Waals surface area contributed by atoms with Gasteiger partial charge in [0.1, 0.15) is 11.3 Å². The van der Waals surface area contributed by atoms with Crippen molar-refractivity contribution < 1.29 is 19.1 Å². The van der Waals surface area contributed by atoms with E-state index in [1.54, 1.807) is 6.92 Å². The van der Waals surface area contributed by atoms with Gasteiger partial charge in [0.25, 0.3) is 5.91 Å². The van der Waals surface area contributed by atoms with E-state index in [-0.39, 0.29) is 17.4 Å². The van der Waals surface area contributed by atoms with Crippen LogP contribution in [0.15, 0.2) is 39.2 Å². The van der Waals surface area contributed by atoms with Crippen LogP contribution in [0.5, 0.6) is 0 Å². The molecule has 1 aromatic heterocycles. The molecule has 0 aliphatic rings. The Morgan fingerprint density at radius 2 is 2.04 bits per heavy atom. The van der Waals surface area contributed by atoms with Gasteiger partial charge in [-0.3, -0.25) is 4.79 Å². The smallest absolute Gasteiger partial charge is 0.339 e. The lowest BCUT2D eigenvalue weighted by Crippen LogP contribution is -2.33. The van der Waals surface area contributed by atoms with Gasteiger partial charge in [-0.1, -0.05) is 41.1 Å². The number of carbonyl (C=O) groups is 2. The van der Waals surface area contributed by atoms with Gasteiger partial charge in [-0.05, 0) is 25.0 Å². The van der Waals surface area contributed by atoms with Crippen molar-refractivity contribution >= 4 is 27.8 Å². The van der Waals surface area contributed by atoms with Crippen LogP contribution >= 0.6 is 15.9 Å². The summed E-state index contributed by atoms with van der Waals surface area (Å²) < 4.78 is 6.35. The molecule has 0 saturated heterocycles. The summed E-state index contributed by atoms with van der Waals surface area (Å²) in [5.74, 6) is -1.17. The van der Waals surface area contributed by atoms with Crippen LogP contribution in [-0.2, 0) is 12.8 Å². The molecule has 1 amide bonds. The molecule has 0 radical (unpaired) electrons. The van der Waals surface area contributed by atoms with Crippen molar-refractivity contribution in [3.8, 4) is 0 Å². The Labute approximate surface area is 142 Å². The summed E-state index contributed by atoms with van der Waals surface area (Å²) >= 11 is 3.48. The highest BCUT2D eigenvalue weighted by Crippen LogP contribution is 2.19. The average Bonchev–Trinajstić information content (AvgIpc) is 2.94. The van der Waals surface area contributed by atoms with Crippen LogP contribution in [0, 0.1) is 0 Å². The molecule has 0 aliphatic carbocycles. The second-order valence-corrected chi connectivity index (χ2v) is 6.13. The van der Waals surface area contributed by atoms with E-state index in [2.05, 4.69) is 21.2 Å². The fourth-order valence-corrected chi connectivity index (χ4v) is 2.77. The third kappa shape index (κ3) is 4.22. The average molecular weight is 380 g/mol. The number of rotatable bonds is 6. The summed E-state index contributed by atoms with van der Waals surface area (Å²) in [7, 11) is 0. The monoisotopic (exact) mass is 379 g/mol. The van der Waals surface area contributed by atoms with Crippen LogP contribution < -0.4 is 5.32 Å². The van der Waals surface area contributed by atoms with E-state index in [1.165, 1.54) is 6.07 Å². The van der Waals surface area contributed by atoms with Crippen LogP contribution in [0.4, 0.5) is 0 Å². The first-order valence-corrected chi connectivity index (χ1v) is 8.12. The topological polar surface area (TPSA) is 79.5 Å². The van der Waals surface area contributed by atoms with Crippen LogP contribution in [0.25, 0.3) is 0 Å². The van der Waals surface area contributed by atoms with Crippen LogP contribution in [0.3, 0.4) is 0 Å².